The fourth-order valence-corrected chi connectivity index (χ4v) is 3.98. The maximum absolute atomic E-state index is 12.4. The Kier molecular flexibility index (Phi) is 4.52. The molecule has 1 saturated carbocycles. The molecule has 0 atom stereocenters. The zero-order chi connectivity index (χ0) is 19.6. The summed E-state index contributed by atoms with van der Waals surface area (Å²) in [7, 11) is 0. The van der Waals surface area contributed by atoms with E-state index in [1.54, 1.807) is 12.4 Å². The molecule has 0 spiro atoms. The minimum Gasteiger partial charge on any atom is -0.309 e. The first-order chi connectivity index (χ1) is 14.2. The van der Waals surface area contributed by atoms with Crippen LogP contribution in [0.5, 0.6) is 0 Å². The highest BCUT2D eigenvalue weighted by molar-refractivity contribution is 5.92. The predicted molar refractivity (Wildman–Crippen MR) is 112 cm³/mol. The average Bonchev–Trinajstić information content (AvgIpc) is 3.15. The zero-order valence-corrected chi connectivity index (χ0v) is 15.9. The number of hydrogen-bond donors (Lipinski definition) is 2. The molecule has 1 aliphatic rings. The summed E-state index contributed by atoms with van der Waals surface area (Å²) in [5.41, 5.74) is 4.26. The lowest BCUT2D eigenvalue weighted by atomic mass is 9.70. The Balaban J connectivity index is 1.18. The highest BCUT2D eigenvalue weighted by atomic mass is 16.1. The number of carbonyl (C=O) groups excluding carboxylic acids is 1. The molecule has 1 fully saturated rings. The van der Waals surface area contributed by atoms with Gasteiger partial charge in [0.05, 0.1) is 11.9 Å². The van der Waals surface area contributed by atoms with Crippen LogP contribution < -0.4 is 5.32 Å². The summed E-state index contributed by atoms with van der Waals surface area (Å²) < 4.78 is 0. The number of hydrogen-bond acceptors (Lipinski definition) is 4. The molecule has 1 aromatic carbocycles. The molecule has 3 aromatic heterocycles. The van der Waals surface area contributed by atoms with Crippen molar-refractivity contribution in [2.75, 3.05) is 5.32 Å². The van der Waals surface area contributed by atoms with Crippen LogP contribution >= 0.6 is 0 Å². The van der Waals surface area contributed by atoms with Gasteiger partial charge in [-0.3, -0.25) is 19.9 Å². The summed E-state index contributed by atoms with van der Waals surface area (Å²) in [6, 6.07) is 15.9. The summed E-state index contributed by atoms with van der Waals surface area (Å²) >= 11 is 0. The molecule has 0 radical (unpaired) electrons. The van der Waals surface area contributed by atoms with Crippen LogP contribution in [0.2, 0.25) is 0 Å². The van der Waals surface area contributed by atoms with Gasteiger partial charge >= 0.3 is 0 Å². The van der Waals surface area contributed by atoms with E-state index in [0.717, 1.165) is 35.0 Å². The van der Waals surface area contributed by atoms with E-state index < -0.39 is 0 Å². The quantitative estimate of drug-likeness (QED) is 0.541. The number of anilines is 1. The van der Waals surface area contributed by atoms with Gasteiger partial charge in [0.2, 0.25) is 5.91 Å². The molecule has 144 valence electrons. The van der Waals surface area contributed by atoms with Crippen LogP contribution in [-0.4, -0.2) is 26.1 Å². The number of aromatic amines is 1. The Hall–Kier alpha value is -3.54. The molecule has 2 N–H and O–H groups in total. The minimum absolute atomic E-state index is 0.0758. The zero-order valence-electron chi connectivity index (χ0n) is 15.9. The van der Waals surface area contributed by atoms with E-state index in [9.17, 15) is 4.79 Å². The van der Waals surface area contributed by atoms with Crippen molar-refractivity contribution in [3.05, 3.63) is 83.9 Å². The lowest BCUT2D eigenvalue weighted by Crippen LogP contribution is -2.20. The van der Waals surface area contributed by atoms with Crippen molar-refractivity contribution in [1.82, 2.24) is 20.2 Å². The normalized spacial score (nSPS) is 18.3. The molecule has 6 heteroatoms. The molecular formula is C23H21N5O. The van der Waals surface area contributed by atoms with Crippen LogP contribution in [0.1, 0.15) is 41.5 Å². The number of nitrogens with one attached hydrogen (secondary N) is 2. The van der Waals surface area contributed by atoms with Crippen molar-refractivity contribution in [1.29, 1.82) is 0 Å². The Morgan fingerprint density at radius 3 is 2.83 bits per heavy atom. The summed E-state index contributed by atoms with van der Waals surface area (Å²) in [5, 5.41) is 11.3. The Labute approximate surface area is 168 Å². The number of nitrogens with zero attached hydrogens (tertiary/aromatic N) is 3. The lowest BCUT2D eigenvalue weighted by Gasteiger charge is -2.34. The van der Waals surface area contributed by atoms with Crippen molar-refractivity contribution in [3.63, 3.8) is 0 Å². The van der Waals surface area contributed by atoms with Gasteiger partial charge in [0.25, 0.3) is 0 Å². The van der Waals surface area contributed by atoms with Gasteiger partial charge < -0.3 is 5.32 Å². The van der Waals surface area contributed by atoms with E-state index in [1.807, 2.05) is 48.7 Å². The Morgan fingerprint density at radius 2 is 1.97 bits per heavy atom. The van der Waals surface area contributed by atoms with E-state index in [1.165, 1.54) is 5.56 Å². The first kappa shape index (κ1) is 17.6. The Morgan fingerprint density at radius 1 is 1.07 bits per heavy atom. The maximum Gasteiger partial charge on any atom is 0.229 e. The number of aromatic nitrogens is 4. The second-order valence-corrected chi connectivity index (χ2v) is 7.62. The SMILES string of the molecule is O=C(Cc1ccc2ncccc2c1)Nc1cc([C@H]2C[C@@H](c3cccnc3)C2)[nH]n1. The van der Waals surface area contributed by atoms with Gasteiger partial charge in [-0.25, -0.2) is 0 Å². The van der Waals surface area contributed by atoms with Crippen molar-refractivity contribution in [2.24, 2.45) is 0 Å². The summed E-state index contributed by atoms with van der Waals surface area (Å²) in [6.07, 6.45) is 7.98. The largest absolute Gasteiger partial charge is 0.309 e. The highest BCUT2D eigenvalue weighted by Gasteiger charge is 2.32. The molecule has 1 aliphatic carbocycles. The van der Waals surface area contributed by atoms with Crippen LogP contribution in [0.15, 0.2) is 67.1 Å². The number of amides is 1. The monoisotopic (exact) mass is 383 g/mol. The van der Waals surface area contributed by atoms with E-state index in [0.29, 0.717) is 24.1 Å². The summed E-state index contributed by atoms with van der Waals surface area (Å²) in [4.78, 5) is 20.9. The third kappa shape index (κ3) is 3.74. The number of benzene rings is 1. The number of rotatable bonds is 5. The fourth-order valence-electron chi connectivity index (χ4n) is 3.98. The molecule has 0 unspecified atom stereocenters. The van der Waals surface area contributed by atoms with E-state index in [2.05, 4.69) is 31.5 Å². The predicted octanol–water partition coefficient (Wildman–Crippen LogP) is 4.20. The fraction of sp³-hybridized carbons (Fsp3) is 0.217. The molecule has 6 nitrogen and oxygen atoms in total. The van der Waals surface area contributed by atoms with Gasteiger partial charge in [-0.15, -0.1) is 0 Å². The van der Waals surface area contributed by atoms with Crippen LogP contribution in [0.25, 0.3) is 10.9 Å². The third-order valence-corrected chi connectivity index (χ3v) is 5.63. The smallest absolute Gasteiger partial charge is 0.229 e. The van der Waals surface area contributed by atoms with Gasteiger partial charge in [-0.05, 0) is 54.2 Å². The highest BCUT2D eigenvalue weighted by Crippen LogP contribution is 2.46. The van der Waals surface area contributed by atoms with Gasteiger partial charge in [-0.1, -0.05) is 18.2 Å². The van der Waals surface area contributed by atoms with E-state index >= 15 is 0 Å². The molecule has 0 aliphatic heterocycles. The first-order valence-corrected chi connectivity index (χ1v) is 9.83. The average molecular weight is 383 g/mol. The van der Waals surface area contributed by atoms with Crippen LogP contribution in [0.3, 0.4) is 0 Å². The second kappa shape index (κ2) is 7.47. The molecule has 5 rings (SSSR count). The first-order valence-electron chi connectivity index (χ1n) is 9.83. The van der Waals surface area contributed by atoms with Gasteiger partial charge in [-0.2, -0.15) is 5.10 Å². The summed E-state index contributed by atoms with van der Waals surface area (Å²) in [5.74, 6) is 1.51. The number of pyridine rings is 2. The molecule has 0 bridgehead atoms. The molecule has 3 heterocycles. The van der Waals surface area contributed by atoms with Crippen molar-refractivity contribution < 1.29 is 4.79 Å². The standard InChI is InChI=1S/C23H21N5O/c29-23(10-15-5-6-20-16(9-15)3-2-8-25-20)26-22-13-21(27-28-22)19-11-18(12-19)17-4-1-7-24-14-17/h1-9,13-14,18-19H,10-12H2,(H2,26,27,28,29)/t18-,19+. The van der Waals surface area contributed by atoms with Crippen molar-refractivity contribution >= 4 is 22.6 Å². The van der Waals surface area contributed by atoms with Gasteiger partial charge in [0.1, 0.15) is 0 Å². The molecule has 0 saturated heterocycles. The van der Waals surface area contributed by atoms with E-state index in [4.69, 9.17) is 0 Å². The molecule has 4 aromatic rings. The molecule has 29 heavy (non-hydrogen) atoms. The van der Waals surface area contributed by atoms with Crippen LogP contribution in [-0.2, 0) is 11.2 Å². The number of carbonyl (C=O) groups is 1. The van der Waals surface area contributed by atoms with E-state index in [-0.39, 0.29) is 5.91 Å². The minimum atomic E-state index is -0.0758. The summed E-state index contributed by atoms with van der Waals surface area (Å²) in [6.45, 7) is 0. The lowest BCUT2D eigenvalue weighted by molar-refractivity contribution is -0.115. The maximum atomic E-state index is 12.4. The number of fused-ring (bicyclic) bond motifs is 1. The van der Waals surface area contributed by atoms with Crippen LogP contribution in [0.4, 0.5) is 5.82 Å². The second-order valence-electron chi connectivity index (χ2n) is 7.62. The topological polar surface area (TPSA) is 83.6 Å². The van der Waals surface area contributed by atoms with Crippen molar-refractivity contribution in [3.8, 4) is 0 Å². The number of H-pyrrole nitrogens is 1. The third-order valence-electron chi connectivity index (χ3n) is 5.63. The molecule has 1 amide bonds. The van der Waals surface area contributed by atoms with Crippen molar-refractivity contribution in [2.45, 2.75) is 31.1 Å². The van der Waals surface area contributed by atoms with Gasteiger partial charge in [0, 0.05) is 41.7 Å². The molecular weight excluding hydrogens is 362 g/mol. The Bertz CT molecular complexity index is 1150. The van der Waals surface area contributed by atoms with Crippen LogP contribution in [0, 0.1) is 0 Å². The van der Waals surface area contributed by atoms with Gasteiger partial charge in [0.15, 0.2) is 5.82 Å².